The molecule has 0 fully saturated rings. The predicted molar refractivity (Wildman–Crippen MR) is 66.8 cm³/mol. The second kappa shape index (κ2) is 4.97. The smallest absolute Gasteiger partial charge is 0.211 e. The van der Waals surface area contributed by atoms with Gasteiger partial charge in [-0.1, -0.05) is 17.7 Å². The Hall–Kier alpha value is -1.87. The van der Waals surface area contributed by atoms with Crippen LogP contribution in [0.4, 0.5) is 0 Å². The van der Waals surface area contributed by atoms with Crippen LogP contribution in [0.1, 0.15) is 12.7 Å². The maximum absolute atomic E-state index is 5.93. The molecule has 0 unspecified atom stereocenters. The fourth-order valence-corrected chi connectivity index (χ4v) is 2.02. The van der Waals surface area contributed by atoms with Crippen LogP contribution in [0, 0.1) is 18.8 Å². The fourth-order valence-electron chi connectivity index (χ4n) is 1.35. The van der Waals surface area contributed by atoms with E-state index in [9.17, 15) is 0 Å². The molecule has 2 N–H and O–H groups in total. The summed E-state index contributed by atoms with van der Waals surface area (Å²) in [5.41, 5.74) is 0.855. The summed E-state index contributed by atoms with van der Waals surface area (Å²) in [7, 11) is 0. The Labute approximate surface area is 103 Å². The van der Waals surface area contributed by atoms with E-state index in [4.69, 9.17) is 10.3 Å². The third-order valence-corrected chi connectivity index (χ3v) is 3.04. The summed E-state index contributed by atoms with van der Waals surface area (Å²) in [6.07, 6.45) is 1.61. The molecule has 0 aromatic carbocycles. The Morgan fingerprint density at radius 2 is 2.35 bits per heavy atom. The normalized spacial score (nSPS) is 10.0. The number of nitrogens with zero attached hydrogens (tertiary/aromatic N) is 3. The zero-order valence-electron chi connectivity index (χ0n) is 9.60. The van der Waals surface area contributed by atoms with Gasteiger partial charge in [-0.05, 0) is 19.9 Å². The largest absolute Gasteiger partial charge is 0.469 e. The van der Waals surface area contributed by atoms with Gasteiger partial charge in [0.25, 0.3) is 0 Å². The Kier molecular flexibility index (Phi) is 3.40. The highest BCUT2D eigenvalue weighted by Crippen LogP contribution is 2.24. The highest BCUT2D eigenvalue weighted by Gasteiger charge is 2.14. The minimum absolute atomic E-state index is 0.600. The van der Waals surface area contributed by atoms with Gasteiger partial charge >= 0.3 is 0 Å². The van der Waals surface area contributed by atoms with Crippen molar-refractivity contribution in [2.24, 2.45) is 0 Å². The van der Waals surface area contributed by atoms with Gasteiger partial charge in [0.05, 0.1) is 17.6 Å². The predicted octanol–water partition coefficient (Wildman–Crippen LogP) is 1.68. The first-order chi connectivity index (χ1) is 8.24. The average molecular weight is 248 g/mol. The quantitative estimate of drug-likeness (QED) is 0.508. The lowest BCUT2D eigenvalue weighted by Gasteiger charge is -2.00. The average Bonchev–Trinajstić information content (AvgIpc) is 2.87. The van der Waals surface area contributed by atoms with E-state index in [1.807, 2.05) is 13.0 Å². The van der Waals surface area contributed by atoms with E-state index in [0.717, 1.165) is 11.3 Å². The number of furan rings is 1. The summed E-state index contributed by atoms with van der Waals surface area (Å²) < 4.78 is 6.67. The molecule has 0 radical (unpaired) electrons. The monoisotopic (exact) mass is 248 g/mol. The van der Waals surface area contributed by atoms with E-state index in [2.05, 4.69) is 22.0 Å². The second-order valence-electron chi connectivity index (χ2n) is 3.28. The molecule has 5 nitrogen and oxygen atoms in total. The topological polar surface area (TPSA) is 69.9 Å². The van der Waals surface area contributed by atoms with Crippen LogP contribution >= 0.6 is 11.8 Å². The van der Waals surface area contributed by atoms with Crippen molar-refractivity contribution in [3.63, 3.8) is 0 Å². The van der Waals surface area contributed by atoms with Crippen LogP contribution in [0.25, 0.3) is 11.4 Å². The lowest BCUT2D eigenvalue weighted by molar-refractivity contribution is 0.535. The molecule has 0 aliphatic carbocycles. The lowest BCUT2D eigenvalue weighted by Crippen LogP contribution is -2.11. The van der Waals surface area contributed by atoms with E-state index in [0.29, 0.717) is 16.7 Å². The molecule has 17 heavy (non-hydrogen) atoms. The molecule has 0 aliphatic heterocycles. The molecule has 2 heterocycles. The van der Waals surface area contributed by atoms with E-state index >= 15 is 0 Å². The van der Waals surface area contributed by atoms with Gasteiger partial charge in [0.15, 0.2) is 5.82 Å². The first-order valence-corrected chi connectivity index (χ1v) is 6.00. The van der Waals surface area contributed by atoms with Crippen molar-refractivity contribution in [3.05, 3.63) is 18.1 Å². The zero-order chi connectivity index (χ0) is 12.3. The first-order valence-electron chi connectivity index (χ1n) is 5.01. The molecular formula is C11H12N4OS. The number of aryl methyl sites for hydroxylation is 1. The molecule has 0 amide bonds. The minimum atomic E-state index is 0.600. The van der Waals surface area contributed by atoms with Gasteiger partial charge < -0.3 is 10.3 Å². The molecule has 88 valence electrons. The zero-order valence-corrected chi connectivity index (χ0v) is 10.4. The van der Waals surface area contributed by atoms with Crippen molar-refractivity contribution in [3.8, 4) is 23.2 Å². The number of rotatable bonds is 3. The molecule has 2 aromatic rings. The fraction of sp³-hybridized carbons (Fsp3) is 0.273. The Morgan fingerprint density at radius 1 is 1.53 bits per heavy atom. The van der Waals surface area contributed by atoms with Gasteiger partial charge in [-0.3, -0.25) is 0 Å². The molecule has 2 aromatic heterocycles. The molecule has 2 rings (SSSR count). The molecule has 6 heteroatoms. The van der Waals surface area contributed by atoms with Gasteiger partial charge in [0.2, 0.25) is 5.16 Å². The van der Waals surface area contributed by atoms with E-state index in [1.54, 1.807) is 13.2 Å². The van der Waals surface area contributed by atoms with Crippen molar-refractivity contribution in [2.75, 3.05) is 11.6 Å². The second-order valence-corrected chi connectivity index (χ2v) is 4.22. The molecule has 0 saturated heterocycles. The van der Waals surface area contributed by atoms with Gasteiger partial charge in [-0.2, -0.15) is 0 Å². The van der Waals surface area contributed by atoms with Crippen LogP contribution in [-0.2, 0) is 0 Å². The standard InChI is InChI=1S/C11H12N4OS/c1-3-4-7-17-11-14-13-10(15(11)12)9-5-6-16-8(9)2/h5-6H,7,12H2,1-2H3. The third kappa shape index (κ3) is 2.29. The highest BCUT2D eigenvalue weighted by atomic mass is 32.2. The summed E-state index contributed by atoms with van der Waals surface area (Å²) in [6.45, 7) is 3.66. The van der Waals surface area contributed by atoms with Crippen LogP contribution in [-0.4, -0.2) is 20.6 Å². The highest BCUT2D eigenvalue weighted by molar-refractivity contribution is 7.99. The maximum atomic E-state index is 5.93. The summed E-state index contributed by atoms with van der Waals surface area (Å²) in [5.74, 6) is 13.7. The number of nitrogen functional groups attached to an aromatic ring is 1. The SMILES string of the molecule is CC#CCSc1nnc(-c2ccoc2C)n1N. The molecule has 0 aliphatic rings. The maximum Gasteiger partial charge on any atom is 0.211 e. The van der Waals surface area contributed by atoms with Gasteiger partial charge in [0.1, 0.15) is 5.76 Å². The van der Waals surface area contributed by atoms with Crippen LogP contribution in [0.15, 0.2) is 21.9 Å². The Morgan fingerprint density at radius 3 is 3.00 bits per heavy atom. The van der Waals surface area contributed by atoms with E-state index < -0.39 is 0 Å². The summed E-state index contributed by atoms with van der Waals surface area (Å²) >= 11 is 1.46. The number of thioether (sulfide) groups is 1. The Bertz CT molecular complexity index is 576. The third-order valence-electron chi connectivity index (χ3n) is 2.21. The van der Waals surface area contributed by atoms with E-state index in [1.165, 1.54) is 16.4 Å². The molecule has 0 saturated carbocycles. The van der Waals surface area contributed by atoms with Crippen LogP contribution in [0.2, 0.25) is 0 Å². The molecule has 0 spiro atoms. The van der Waals surface area contributed by atoms with Gasteiger partial charge in [0, 0.05) is 0 Å². The van der Waals surface area contributed by atoms with Crippen LogP contribution in [0.5, 0.6) is 0 Å². The van der Waals surface area contributed by atoms with Crippen LogP contribution in [0.3, 0.4) is 0 Å². The van der Waals surface area contributed by atoms with Crippen molar-refractivity contribution in [1.29, 1.82) is 0 Å². The van der Waals surface area contributed by atoms with Crippen molar-refractivity contribution >= 4 is 11.8 Å². The van der Waals surface area contributed by atoms with Crippen molar-refractivity contribution in [2.45, 2.75) is 19.0 Å². The number of hydrogen-bond donors (Lipinski definition) is 1. The minimum Gasteiger partial charge on any atom is -0.469 e. The lowest BCUT2D eigenvalue weighted by atomic mass is 10.2. The first kappa shape index (κ1) is 11.6. The van der Waals surface area contributed by atoms with E-state index in [-0.39, 0.29) is 0 Å². The number of hydrogen-bond acceptors (Lipinski definition) is 5. The number of aromatic nitrogens is 3. The summed E-state index contributed by atoms with van der Waals surface area (Å²) in [6, 6.07) is 1.82. The molecule has 0 atom stereocenters. The van der Waals surface area contributed by atoms with Crippen molar-refractivity contribution in [1.82, 2.24) is 14.9 Å². The molecular weight excluding hydrogens is 236 g/mol. The van der Waals surface area contributed by atoms with Gasteiger partial charge in [-0.15, -0.1) is 16.1 Å². The van der Waals surface area contributed by atoms with Crippen LogP contribution < -0.4 is 5.84 Å². The van der Waals surface area contributed by atoms with Crippen molar-refractivity contribution < 1.29 is 4.42 Å². The summed E-state index contributed by atoms with van der Waals surface area (Å²) in [4.78, 5) is 0. The number of nitrogens with two attached hydrogens (primary N) is 1. The molecule has 0 bridgehead atoms. The Balaban J connectivity index is 2.26. The van der Waals surface area contributed by atoms with Gasteiger partial charge in [-0.25, -0.2) is 4.68 Å². The summed E-state index contributed by atoms with van der Waals surface area (Å²) in [5, 5.41) is 8.72.